The highest BCUT2D eigenvalue weighted by molar-refractivity contribution is 5.74. The smallest absolute Gasteiger partial charge is 0.315 e. The summed E-state index contributed by atoms with van der Waals surface area (Å²) in [6, 6.07) is 18.6. The molecule has 1 atom stereocenters. The first-order chi connectivity index (χ1) is 11.7. The Hall–Kier alpha value is -3.08. The van der Waals surface area contributed by atoms with Gasteiger partial charge in [0.15, 0.2) is 0 Å². The molecule has 2 amide bonds. The lowest BCUT2D eigenvalue weighted by atomic mass is 10.1. The van der Waals surface area contributed by atoms with Gasteiger partial charge >= 0.3 is 6.03 Å². The van der Waals surface area contributed by atoms with Crippen molar-refractivity contribution >= 4 is 6.03 Å². The summed E-state index contributed by atoms with van der Waals surface area (Å²) in [7, 11) is 0. The summed E-state index contributed by atoms with van der Waals surface area (Å²) in [5.41, 5.74) is 1.33. The van der Waals surface area contributed by atoms with E-state index >= 15 is 0 Å². The number of nitrogens with one attached hydrogen (secondary N) is 2. The fraction of sp³-hybridized carbons (Fsp3) is 0.105. The van der Waals surface area contributed by atoms with Crippen molar-refractivity contribution < 1.29 is 13.6 Å². The largest absolute Gasteiger partial charge is 0.467 e. The molecule has 0 radical (unpaired) electrons. The van der Waals surface area contributed by atoms with Crippen LogP contribution in [0.4, 0.5) is 9.18 Å². The summed E-state index contributed by atoms with van der Waals surface area (Å²) in [5, 5.41) is 5.53. The number of carbonyl (C=O) groups excluding carboxylic acids is 1. The van der Waals surface area contributed by atoms with Gasteiger partial charge in [-0.25, -0.2) is 9.18 Å². The Labute approximate surface area is 139 Å². The number of amides is 2. The summed E-state index contributed by atoms with van der Waals surface area (Å²) < 4.78 is 19.0. The summed E-state index contributed by atoms with van der Waals surface area (Å²) in [6.45, 7) is 0.109. The van der Waals surface area contributed by atoms with Gasteiger partial charge < -0.3 is 15.1 Å². The number of carbonyl (C=O) groups is 1. The molecule has 0 saturated heterocycles. The number of halogens is 1. The van der Waals surface area contributed by atoms with Crippen molar-refractivity contribution in [2.45, 2.75) is 12.6 Å². The molecule has 24 heavy (non-hydrogen) atoms. The Balaban J connectivity index is 1.69. The van der Waals surface area contributed by atoms with Crippen molar-refractivity contribution in [1.29, 1.82) is 0 Å². The van der Waals surface area contributed by atoms with Gasteiger partial charge in [0, 0.05) is 12.1 Å². The maximum Gasteiger partial charge on any atom is 0.315 e. The zero-order valence-electron chi connectivity index (χ0n) is 12.9. The maximum atomic E-state index is 13.6. The van der Waals surface area contributed by atoms with E-state index in [2.05, 4.69) is 10.6 Å². The van der Waals surface area contributed by atoms with Gasteiger partial charge in [0.1, 0.15) is 17.6 Å². The molecule has 3 rings (SSSR count). The number of hydrogen-bond donors (Lipinski definition) is 2. The Bertz CT molecular complexity index is 788. The van der Waals surface area contributed by atoms with Crippen molar-refractivity contribution in [2.24, 2.45) is 0 Å². The van der Waals surface area contributed by atoms with E-state index in [1.165, 1.54) is 6.07 Å². The van der Waals surface area contributed by atoms with Gasteiger partial charge in [-0.2, -0.15) is 0 Å². The van der Waals surface area contributed by atoms with Crippen LogP contribution in [-0.2, 0) is 6.54 Å². The molecule has 1 heterocycles. The summed E-state index contributed by atoms with van der Waals surface area (Å²) in [4.78, 5) is 12.2. The molecule has 5 heteroatoms. The van der Waals surface area contributed by atoms with Crippen LogP contribution < -0.4 is 10.6 Å². The highest BCUT2D eigenvalue weighted by atomic mass is 19.1. The highest BCUT2D eigenvalue weighted by Gasteiger charge is 2.19. The topological polar surface area (TPSA) is 54.3 Å². The molecule has 0 aliphatic heterocycles. The Kier molecular flexibility index (Phi) is 4.91. The van der Waals surface area contributed by atoms with E-state index < -0.39 is 12.1 Å². The molecule has 1 unspecified atom stereocenters. The minimum Gasteiger partial charge on any atom is -0.467 e. The van der Waals surface area contributed by atoms with E-state index in [1.807, 2.05) is 30.3 Å². The van der Waals surface area contributed by atoms with Crippen LogP contribution in [0.15, 0.2) is 77.4 Å². The molecule has 2 N–H and O–H groups in total. The summed E-state index contributed by atoms with van der Waals surface area (Å²) in [5.74, 6) is 0.283. The molecule has 122 valence electrons. The number of benzene rings is 2. The predicted molar refractivity (Wildman–Crippen MR) is 88.8 cm³/mol. The van der Waals surface area contributed by atoms with E-state index in [4.69, 9.17) is 4.42 Å². The molecule has 3 aromatic rings. The highest BCUT2D eigenvalue weighted by Crippen LogP contribution is 2.22. The summed E-state index contributed by atoms with van der Waals surface area (Å²) >= 11 is 0. The van der Waals surface area contributed by atoms with Crippen LogP contribution in [-0.4, -0.2) is 6.03 Å². The van der Waals surface area contributed by atoms with Crippen LogP contribution in [0.5, 0.6) is 0 Å². The lowest BCUT2D eigenvalue weighted by Gasteiger charge is -2.17. The quantitative estimate of drug-likeness (QED) is 0.745. The SMILES string of the molecule is O=C(NCc1ccccc1F)NC(c1ccccc1)c1ccco1. The van der Waals surface area contributed by atoms with Gasteiger partial charge in [0.05, 0.1) is 6.26 Å². The fourth-order valence-electron chi connectivity index (χ4n) is 2.42. The first kappa shape index (κ1) is 15.8. The molecule has 2 aromatic carbocycles. The van der Waals surface area contributed by atoms with Crippen molar-refractivity contribution in [3.63, 3.8) is 0 Å². The lowest BCUT2D eigenvalue weighted by molar-refractivity contribution is 0.236. The van der Waals surface area contributed by atoms with E-state index in [1.54, 1.807) is 36.6 Å². The molecular formula is C19H17FN2O2. The standard InChI is InChI=1S/C19H17FN2O2/c20-16-10-5-4-9-15(16)13-21-19(23)22-18(17-11-6-12-24-17)14-7-2-1-3-8-14/h1-12,18H,13H2,(H2,21,22,23). The molecular weight excluding hydrogens is 307 g/mol. The third-order valence-electron chi connectivity index (χ3n) is 3.63. The van der Waals surface area contributed by atoms with Gasteiger partial charge in [-0.3, -0.25) is 0 Å². The average molecular weight is 324 g/mol. The predicted octanol–water partition coefficient (Wildman–Crippen LogP) is 4.01. The molecule has 0 bridgehead atoms. The molecule has 0 saturated carbocycles. The van der Waals surface area contributed by atoms with Gasteiger partial charge in [0.2, 0.25) is 0 Å². The maximum absolute atomic E-state index is 13.6. The number of urea groups is 1. The second-order valence-electron chi connectivity index (χ2n) is 5.28. The van der Waals surface area contributed by atoms with Gasteiger partial charge in [-0.1, -0.05) is 48.5 Å². The van der Waals surface area contributed by atoms with Crippen molar-refractivity contribution in [3.05, 3.63) is 95.7 Å². The Morgan fingerprint density at radius 2 is 1.75 bits per heavy atom. The monoisotopic (exact) mass is 324 g/mol. The first-order valence-corrected chi connectivity index (χ1v) is 7.60. The molecule has 0 fully saturated rings. The third kappa shape index (κ3) is 3.81. The molecule has 1 aromatic heterocycles. The number of furan rings is 1. The number of rotatable bonds is 5. The Morgan fingerprint density at radius 1 is 1.00 bits per heavy atom. The fourth-order valence-corrected chi connectivity index (χ4v) is 2.42. The van der Waals surface area contributed by atoms with Crippen LogP contribution in [0.2, 0.25) is 0 Å². The van der Waals surface area contributed by atoms with Crippen LogP contribution in [0.25, 0.3) is 0 Å². The molecule has 4 nitrogen and oxygen atoms in total. The lowest BCUT2D eigenvalue weighted by Crippen LogP contribution is -2.38. The summed E-state index contributed by atoms with van der Waals surface area (Å²) in [6.07, 6.45) is 1.56. The van der Waals surface area contributed by atoms with Crippen LogP contribution in [0.1, 0.15) is 22.9 Å². The second kappa shape index (κ2) is 7.46. The van der Waals surface area contributed by atoms with Crippen molar-refractivity contribution in [2.75, 3.05) is 0 Å². The van der Waals surface area contributed by atoms with Crippen molar-refractivity contribution in [3.8, 4) is 0 Å². The van der Waals surface area contributed by atoms with Gasteiger partial charge in [0.25, 0.3) is 0 Å². The first-order valence-electron chi connectivity index (χ1n) is 7.60. The Morgan fingerprint density at radius 3 is 2.46 bits per heavy atom. The van der Waals surface area contributed by atoms with E-state index in [-0.39, 0.29) is 12.4 Å². The molecule has 0 aliphatic carbocycles. The zero-order valence-corrected chi connectivity index (χ0v) is 12.9. The second-order valence-corrected chi connectivity index (χ2v) is 5.28. The van der Waals surface area contributed by atoms with Crippen LogP contribution in [0.3, 0.4) is 0 Å². The van der Waals surface area contributed by atoms with Crippen LogP contribution >= 0.6 is 0 Å². The minimum atomic E-state index is -0.415. The van der Waals surface area contributed by atoms with Crippen LogP contribution in [0, 0.1) is 5.82 Å². The third-order valence-corrected chi connectivity index (χ3v) is 3.63. The molecule has 0 aliphatic rings. The van der Waals surface area contributed by atoms with Crippen molar-refractivity contribution in [1.82, 2.24) is 10.6 Å². The normalized spacial score (nSPS) is 11.7. The van der Waals surface area contributed by atoms with Gasteiger partial charge in [-0.05, 0) is 23.8 Å². The minimum absolute atomic E-state index is 0.109. The average Bonchev–Trinajstić information content (AvgIpc) is 3.14. The van der Waals surface area contributed by atoms with E-state index in [0.717, 1.165) is 5.56 Å². The van der Waals surface area contributed by atoms with E-state index in [0.29, 0.717) is 11.3 Å². The van der Waals surface area contributed by atoms with E-state index in [9.17, 15) is 9.18 Å². The number of hydrogen-bond acceptors (Lipinski definition) is 2. The molecule has 0 spiro atoms. The van der Waals surface area contributed by atoms with Gasteiger partial charge in [-0.15, -0.1) is 0 Å². The zero-order chi connectivity index (χ0) is 16.8.